The Bertz CT molecular complexity index is 504. The summed E-state index contributed by atoms with van der Waals surface area (Å²) >= 11 is 0. The molecule has 0 fully saturated rings. The number of aliphatic hydroxyl groups excluding tert-OH is 2. The van der Waals surface area contributed by atoms with Crippen LogP contribution in [0.25, 0.3) is 0 Å². The molecule has 0 saturated heterocycles. The van der Waals surface area contributed by atoms with Crippen molar-refractivity contribution in [2.45, 2.75) is 181 Å². The van der Waals surface area contributed by atoms with E-state index in [1.54, 1.807) is 0 Å². The molecule has 0 unspecified atom stereocenters. The van der Waals surface area contributed by atoms with Crippen molar-refractivity contribution < 1.29 is 46.2 Å². The minimum Gasteiger partial charge on any atom is -0.428 e. The van der Waals surface area contributed by atoms with Crippen molar-refractivity contribution >= 4 is 15.7 Å². The van der Waals surface area contributed by atoms with Crippen LogP contribution in [0.1, 0.15) is 175 Å². The van der Waals surface area contributed by atoms with Gasteiger partial charge in [0.25, 0.3) is 0 Å². The van der Waals surface area contributed by atoms with E-state index in [0.29, 0.717) is 18.4 Å². The molecule has 8 heteroatoms. The van der Waals surface area contributed by atoms with E-state index >= 15 is 0 Å². The second-order valence-electron chi connectivity index (χ2n) is 12.0. The second-order valence-corrected chi connectivity index (χ2v) is 18.2. The summed E-state index contributed by atoms with van der Waals surface area (Å²) in [5.74, 6) is 0. The molecule has 0 aromatic heterocycles. The van der Waals surface area contributed by atoms with Crippen LogP contribution in [0.4, 0.5) is 0 Å². The standard InChI is InChI=1S/C16H36O3Si.C16H35O2P.Ti/c1-2-3-4-5-6-7-8-9-10-11-12-13-14-20(19,15-17)16-18;1-3-5-7-9-11-13-15-19(17,18)16-14-12-10-8-6-4-2;/h17-19H,2-16H2,1H3;3-16H2,1-2H3,(H,17,18);. The molecule has 0 aromatic rings. The molecule has 0 aliphatic carbocycles. The van der Waals surface area contributed by atoms with E-state index in [4.69, 9.17) is 10.2 Å². The zero-order valence-electron chi connectivity index (χ0n) is 27.2. The van der Waals surface area contributed by atoms with Crippen LogP contribution in [0.15, 0.2) is 0 Å². The zero-order chi connectivity index (χ0) is 29.5. The predicted octanol–water partition coefficient (Wildman–Crippen LogP) is 9.66. The summed E-state index contributed by atoms with van der Waals surface area (Å²) in [6.45, 7) is 6.68. The summed E-state index contributed by atoms with van der Waals surface area (Å²) < 4.78 is 11.9. The van der Waals surface area contributed by atoms with Gasteiger partial charge in [-0.05, 0) is 18.9 Å². The summed E-state index contributed by atoms with van der Waals surface area (Å²) in [4.78, 5) is 19.7. The van der Waals surface area contributed by atoms with Crippen molar-refractivity contribution in [2.24, 2.45) is 0 Å². The fraction of sp³-hybridized carbons (Fsp3) is 1.00. The Labute approximate surface area is 266 Å². The Morgan fingerprint density at radius 2 is 0.725 bits per heavy atom. The van der Waals surface area contributed by atoms with E-state index in [-0.39, 0.29) is 34.2 Å². The number of hydrogen-bond donors (Lipinski definition) is 4. The molecule has 0 aromatic carbocycles. The Balaban J connectivity index is -0.000000669. The smallest absolute Gasteiger partial charge is 0.238 e. The van der Waals surface area contributed by atoms with Crippen molar-refractivity contribution in [3.8, 4) is 0 Å². The molecule has 0 aliphatic rings. The third-order valence-electron chi connectivity index (χ3n) is 7.81. The van der Waals surface area contributed by atoms with Gasteiger partial charge in [0.15, 0.2) is 0 Å². The van der Waals surface area contributed by atoms with Gasteiger partial charge < -0.3 is 19.9 Å². The van der Waals surface area contributed by atoms with E-state index in [1.165, 1.54) is 116 Å². The Hall–Kier alpha value is 1.00. The zero-order valence-corrected chi connectivity index (χ0v) is 30.6. The van der Waals surface area contributed by atoms with Crippen molar-refractivity contribution in [2.75, 3.05) is 24.8 Å². The van der Waals surface area contributed by atoms with Crippen LogP contribution in [0.3, 0.4) is 0 Å². The number of unbranched alkanes of at least 4 members (excludes halogenated alkanes) is 21. The quantitative estimate of drug-likeness (QED) is 0.0370. The van der Waals surface area contributed by atoms with Crippen LogP contribution in [0.5, 0.6) is 0 Å². The van der Waals surface area contributed by atoms with Crippen molar-refractivity contribution in [3.63, 3.8) is 0 Å². The van der Waals surface area contributed by atoms with E-state index in [1.807, 2.05) is 0 Å². The normalized spacial score (nSPS) is 11.7. The van der Waals surface area contributed by atoms with Gasteiger partial charge in [0.05, 0.1) is 12.5 Å². The van der Waals surface area contributed by atoms with Gasteiger partial charge >= 0.3 is 0 Å². The maximum absolute atomic E-state index is 11.9. The molecule has 40 heavy (non-hydrogen) atoms. The van der Waals surface area contributed by atoms with Gasteiger partial charge in [0.2, 0.25) is 15.7 Å². The van der Waals surface area contributed by atoms with Gasteiger partial charge in [-0.1, -0.05) is 162 Å². The van der Waals surface area contributed by atoms with Crippen LogP contribution in [0.2, 0.25) is 6.04 Å². The summed E-state index contributed by atoms with van der Waals surface area (Å²) in [5.41, 5.74) is 0. The largest absolute Gasteiger partial charge is 0.428 e. The van der Waals surface area contributed by atoms with E-state index < -0.39 is 15.7 Å². The maximum Gasteiger partial charge on any atom is 0.238 e. The van der Waals surface area contributed by atoms with Crippen molar-refractivity contribution in [1.29, 1.82) is 0 Å². The fourth-order valence-electron chi connectivity index (χ4n) is 4.89. The Morgan fingerprint density at radius 1 is 0.475 bits per heavy atom. The monoisotopic (exact) mass is 642 g/mol. The topological polar surface area (TPSA) is 98.0 Å². The predicted molar refractivity (Wildman–Crippen MR) is 174 cm³/mol. The van der Waals surface area contributed by atoms with E-state index in [2.05, 4.69) is 20.8 Å². The molecule has 0 amide bonds. The second kappa shape index (κ2) is 34.5. The maximum atomic E-state index is 11.9. The molecule has 0 rings (SSSR count). The summed E-state index contributed by atoms with van der Waals surface area (Å²) in [7, 11) is -5.49. The minimum atomic E-state index is -2.80. The Morgan fingerprint density at radius 3 is 1.00 bits per heavy atom. The molecule has 0 saturated carbocycles. The Kier molecular flexibility index (Phi) is 39.2. The first kappa shape index (κ1) is 45.4. The van der Waals surface area contributed by atoms with Crippen LogP contribution in [-0.2, 0) is 26.3 Å². The summed E-state index contributed by atoms with van der Waals surface area (Å²) in [6.07, 6.45) is 30.5. The van der Waals surface area contributed by atoms with Gasteiger partial charge in [0, 0.05) is 34.0 Å². The SMILES string of the molecule is CCCCCCCCCCCCCC[Si](O)(CO)CO.CCCCCCCCP(=O)(O)CCCCCCCC.[Ti]. The molecule has 242 valence electrons. The first-order valence-electron chi connectivity index (χ1n) is 17.1. The molecule has 0 aliphatic heterocycles. The molecule has 0 radical (unpaired) electrons. The van der Waals surface area contributed by atoms with Crippen molar-refractivity contribution in [1.82, 2.24) is 0 Å². The van der Waals surface area contributed by atoms with E-state index in [9.17, 15) is 14.3 Å². The fourth-order valence-corrected chi connectivity index (χ4v) is 7.88. The van der Waals surface area contributed by atoms with Gasteiger partial charge in [-0.25, -0.2) is 0 Å². The third kappa shape index (κ3) is 35.2. The van der Waals surface area contributed by atoms with Gasteiger partial charge in [-0.2, -0.15) is 0 Å². The van der Waals surface area contributed by atoms with Crippen LogP contribution in [-0.4, -0.2) is 53.0 Å². The molecule has 0 spiro atoms. The van der Waals surface area contributed by atoms with Gasteiger partial charge in [0.1, 0.15) is 0 Å². The number of rotatable bonds is 29. The number of aliphatic hydroxyl groups is 2. The van der Waals surface area contributed by atoms with Crippen LogP contribution < -0.4 is 0 Å². The summed E-state index contributed by atoms with van der Waals surface area (Å²) in [5, 5.41) is 18.0. The molecular formula is C32H71O5PSiTi. The first-order valence-corrected chi connectivity index (χ1v) is 21.7. The number of hydrogen-bond acceptors (Lipinski definition) is 4. The van der Waals surface area contributed by atoms with E-state index in [0.717, 1.165) is 38.5 Å². The first-order chi connectivity index (χ1) is 18.8. The average molecular weight is 643 g/mol. The van der Waals surface area contributed by atoms with Gasteiger partial charge in [-0.15, -0.1) is 0 Å². The summed E-state index contributed by atoms with van der Waals surface area (Å²) in [6, 6.07) is 0.636. The molecule has 0 heterocycles. The average Bonchev–Trinajstić information content (AvgIpc) is 2.93. The van der Waals surface area contributed by atoms with Gasteiger partial charge in [-0.3, -0.25) is 4.57 Å². The molecule has 4 N–H and O–H groups in total. The molecule has 0 bridgehead atoms. The minimum absolute atomic E-state index is 0. The van der Waals surface area contributed by atoms with Crippen LogP contribution in [0, 0.1) is 0 Å². The molecular weight excluding hydrogens is 571 g/mol. The third-order valence-corrected chi connectivity index (χ3v) is 12.3. The molecule has 0 atom stereocenters. The van der Waals surface area contributed by atoms with Crippen LogP contribution >= 0.6 is 7.37 Å². The molecule has 5 nitrogen and oxygen atoms in total. The van der Waals surface area contributed by atoms with Crippen molar-refractivity contribution in [3.05, 3.63) is 0 Å².